The molecule has 3 aromatic rings. The lowest BCUT2D eigenvalue weighted by Crippen LogP contribution is -2.05. The van der Waals surface area contributed by atoms with Crippen LogP contribution in [-0.2, 0) is 9.53 Å². The number of aryl methyl sites for hydroxylation is 1. The van der Waals surface area contributed by atoms with Crippen molar-refractivity contribution in [2.45, 2.75) is 32.6 Å². The minimum absolute atomic E-state index is 0.387. The number of aromatic nitrogens is 1. The molecule has 0 aliphatic heterocycles. The third-order valence-corrected chi connectivity index (χ3v) is 4.64. The number of carbonyl (C=O) groups excluding carboxylic acids is 1. The third-order valence-electron chi connectivity index (χ3n) is 4.64. The number of hydrogen-bond acceptors (Lipinski definition) is 6. The second kappa shape index (κ2) is 10.4. The first kappa shape index (κ1) is 21.3. The molecule has 0 N–H and O–H groups in total. The molecule has 0 amide bonds. The average Bonchev–Trinajstić information content (AvgIpc) is 2.74. The van der Waals surface area contributed by atoms with Gasteiger partial charge in [0.15, 0.2) is 0 Å². The maximum Gasteiger partial charge on any atom is 0.344 e. The van der Waals surface area contributed by atoms with Gasteiger partial charge in [-0.1, -0.05) is 36.4 Å². The molecule has 2 aromatic heterocycles. The molecule has 0 radical (unpaired) electrons. The van der Waals surface area contributed by atoms with E-state index in [1.54, 1.807) is 18.3 Å². The molecule has 0 saturated carbocycles. The van der Waals surface area contributed by atoms with Crippen LogP contribution in [0.1, 0.15) is 31.2 Å². The van der Waals surface area contributed by atoms with Gasteiger partial charge in [0.1, 0.15) is 5.58 Å². The van der Waals surface area contributed by atoms with E-state index in [9.17, 15) is 9.59 Å². The largest absolute Gasteiger partial charge is 0.477 e. The molecule has 1 aromatic carbocycles. The van der Waals surface area contributed by atoms with Gasteiger partial charge in [0.2, 0.25) is 5.88 Å². The molecule has 6 heteroatoms. The van der Waals surface area contributed by atoms with E-state index >= 15 is 0 Å². The van der Waals surface area contributed by atoms with Crippen LogP contribution in [0.5, 0.6) is 5.88 Å². The van der Waals surface area contributed by atoms with Gasteiger partial charge in [0.05, 0.1) is 24.2 Å². The van der Waals surface area contributed by atoms with Crippen LogP contribution < -0.4 is 10.4 Å². The van der Waals surface area contributed by atoms with Crippen molar-refractivity contribution < 1.29 is 18.7 Å². The predicted molar refractivity (Wildman–Crippen MR) is 116 cm³/mol. The molecule has 0 saturated heterocycles. The highest BCUT2D eigenvalue weighted by molar-refractivity contribution is 5.85. The summed E-state index contributed by atoms with van der Waals surface area (Å²) in [5.74, 6) is 0.0575. The maximum atomic E-state index is 12.4. The Balaban J connectivity index is 1.62. The van der Waals surface area contributed by atoms with Gasteiger partial charge in [0, 0.05) is 18.3 Å². The second-order valence-electron chi connectivity index (χ2n) is 6.98. The van der Waals surface area contributed by atoms with E-state index in [4.69, 9.17) is 13.9 Å². The third kappa shape index (κ3) is 5.56. The van der Waals surface area contributed by atoms with Gasteiger partial charge >= 0.3 is 11.6 Å². The predicted octanol–water partition coefficient (Wildman–Crippen LogP) is 4.83. The molecular weight excluding hydrogens is 382 g/mol. The van der Waals surface area contributed by atoms with Crippen molar-refractivity contribution in [3.05, 3.63) is 71.2 Å². The Bertz CT molecular complexity index is 1090. The molecule has 30 heavy (non-hydrogen) atoms. The van der Waals surface area contributed by atoms with E-state index in [2.05, 4.69) is 11.6 Å². The van der Waals surface area contributed by atoms with Crippen molar-refractivity contribution in [1.29, 1.82) is 0 Å². The summed E-state index contributed by atoms with van der Waals surface area (Å²) in [6.45, 7) is 6.24. The van der Waals surface area contributed by atoms with Crippen LogP contribution in [0, 0.1) is 6.92 Å². The minimum Gasteiger partial charge on any atom is -0.477 e. The highest BCUT2D eigenvalue weighted by atomic mass is 16.5. The number of unbranched alkanes of at least 4 members (excludes halogenated alkanes) is 3. The van der Waals surface area contributed by atoms with Crippen LogP contribution >= 0.6 is 0 Å². The first-order chi connectivity index (χ1) is 14.6. The summed E-state index contributed by atoms with van der Waals surface area (Å²) in [6.07, 6.45) is 6.26. The Hall–Kier alpha value is -3.41. The zero-order chi connectivity index (χ0) is 21.3. The van der Waals surface area contributed by atoms with Gasteiger partial charge in [-0.3, -0.25) is 0 Å². The average molecular weight is 407 g/mol. The lowest BCUT2D eigenvalue weighted by molar-refractivity contribution is -0.137. The molecular formula is C24H25NO5. The number of pyridine rings is 1. The fraction of sp³-hybridized carbons (Fsp3) is 0.292. The first-order valence-electron chi connectivity index (χ1n) is 10.0. The molecule has 0 unspecified atom stereocenters. The summed E-state index contributed by atoms with van der Waals surface area (Å²) in [5, 5.41) is 0.671. The number of nitrogens with zero attached hydrogens (tertiary/aromatic N) is 1. The van der Waals surface area contributed by atoms with Crippen LogP contribution in [-0.4, -0.2) is 24.2 Å². The van der Waals surface area contributed by atoms with E-state index in [-0.39, 0.29) is 5.63 Å². The standard InChI is InChI=1S/C24H25NO5/c1-3-22(26)28-13-6-4-5-7-14-29-23-20-16-19(18-10-8-9-17(2)15-18)24(27)30-21(20)11-12-25-23/h3,8-12,15-16H,1,4-7,13-14H2,2H3. The molecule has 0 spiro atoms. The Morgan fingerprint density at radius 3 is 2.70 bits per heavy atom. The zero-order valence-corrected chi connectivity index (χ0v) is 17.1. The lowest BCUT2D eigenvalue weighted by atomic mass is 10.0. The van der Waals surface area contributed by atoms with Gasteiger partial charge in [-0.05, 0) is 44.2 Å². The van der Waals surface area contributed by atoms with E-state index in [0.717, 1.165) is 42.9 Å². The number of rotatable bonds is 10. The van der Waals surface area contributed by atoms with Crippen LogP contribution in [0.2, 0.25) is 0 Å². The molecule has 6 nitrogen and oxygen atoms in total. The summed E-state index contributed by atoms with van der Waals surface area (Å²) in [7, 11) is 0. The second-order valence-corrected chi connectivity index (χ2v) is 6.98. The van der Waals surface area contributed by atoms with E-state index in [1.807, 2.05) is 31.2 Å². The zero-order valence-electron chi connectivity index (χ0n) is 17.1. The quantitative estimate of drug-likeness (QED) is 0.272. The molecule has 0 atom stereocenters. The fourth-order valence-corrected chi connectivity index (χ4v) is 3.10. The summed E-state index contributed by atoms with van der Waals surface area (Å²) in [5.41, 5.74) is 2.41. The van der Waals surface area contributed by atoms with Crippen molar-refractivity contribution in [2.24, 2.45) is 0 Å². The SMILES string of the molecule is C=CC(=O)OCCCCCCOc1nccc2oc(=O)c(-c3cccc(C)c3)cc12. The lowest BCUT2D eigenvalue weighted by Gasteiger charge is -2.09. The van der Waals surface area contributed by atoms with Crippen LogP contribution in [0.15, 0.2) is 64.5 Å². The smallest absolute Gasteiger partial charge is 0.344 e. The first-order valence-corrected chi connectivity index (χ1v) is 10.0. The highest BCUT2D eigenvalue weighted by Crippen LogP contribution is 2.27. The van der Waals surface area contributed by atoms with Gasteiger partial charge in [-0.2, -0.15) is 0 Å². The monoisotopic (exact) mass is 407 g/mol. The van der Waals surface area contributed by atoms with Gasteiger partial charge in [0.25, 0.3) is 0 Å². The molecule has 2 heterocycles. The van der Waals surface area contributed by atoms with Gasteiger partial charge in [-0.25, -0.2) is 14.6 Å². The molecule has 156 valence electrons. The molecule has 0 aliphatic rings. The Morgan fingerprint density at radius 2 is 1.93 bits per heavy atom. The van der Waals surface area contributed by atoms with Gasteiger partial charge < -0.3 is 13.9 Å². The number of ether oxygens (including phenoxy) is 2. The maximum absolute atomic E-state index is 12.4. The van der Waals surface area contributed by atoms with Crippen molar-refractivity contribution in [2.75, 3.05) is 13.2 Å². The van der Waals surface area contributed by atoms with E-state index in [1.165, 1.54) is 0 Å². The topological polar surface area (TPSA) is 78.6 Å². The molecule has 0 aliphatic carbocycles. The molecule has 0 bridgehead atoms. The number of benzene rings is 1. The van der Waals surface area contributed by atoms with E-state index < -0.39 is 5.97 Å². The highest BCUT2D eigenvalue weighted by Gasteiger charge is 2.12. The minimum atomic E-state index is -0.392. The fourth-order valence-electron chi connectivity index (χ4n) is 3.10. The van der Waals surface area contributed by atoms with Crippen LogP contribution in [0.3, 0.4) is 0 Å². The number of fused-ring (bicyclic) bond motifs is 1. The summed E-state index contributed by atoms with van der Waals surface area (Å²) < 4.78 is 16.3. The van der Waals surface area contributed by atoms with Crippen LogP contribution in [0.25, 0.3) is 22.1 Å². The van der Waals surface area contributed by atoms with Crippen molar-refractivity contribution >= 4 is 16.9 Å². The molecule has 3 rings (SSSR count). The van der Waals surface area contributed by atoms with Crippen molar-refractivity contribution in [3.63, 3.8) is 0 Å². The number of hydrogen-bond donors (Lipinski definition) is 0. The summed E-state index contributed by atoms with van der Waals surface area (Å²) in [6, 6.07) is 11.2. The number of esters is 1. The number of carbonyl (C=O) groups is 1. The van der Waals surface area contributed by atoms with Crippen molar-refractivity contribution in [1.82, 2.24) is 4.98 Å². The van der Waals surface area contributed by atoms with Crippen LogP contribution in [0.4, 0.5) is 0 Å². The van der Waals surface area contributed by atoms with Crippen molar-refractivity contribution in [3.8, 4) is 17.0 Å². The Labute approximate surface area is 175 Å². The normalized spacial score (nSPS) is 10.7. The Kier molecular flexibility index (Phi) is 7.38. The summed E-state index contributed by atoms with van der Waals surface area (Å²) >= 11 is 0. The Morgan fingerprint density at radius 1 is 1.13 bits per heavy atom. The van der Waals surface area contributed by atoms with E-state index in [0.29, 0.717) is 35.6 Å². The summed E-state index contributed by atoms with van der Waals surface area (Å²) in [4.78, 5) is 27.7. The molecule has 0 fully saturated rings. The van der Waals surface area contributed by atoms with Gasteiger partial charge in [-0.15, -0.1) is 0 Å².